The molecule has 2 rings (SSSR count). The summed E-state index contributed by atoms with van der Waals surface area (Å²) in [6, 6.07) is 16.8. The van der Waals surface area contributed by atoms with E-state index >= 15 is 0 Å². The molecule has 0 heterocycles. The molecule has 3 nitrogen and oxygen atoms in total. The Balaban J connectivity index is 1.68. The van der Waals surface area contributed by atoms with Gasteiger partial charge in [-0.05, 0) is 23.3 Å². The first-order valence-corrected chi connectivity index (χ1v) is 8.50. The lowest BCUT2D eigenvalue weighted by molar-refractivity contribution is -0.118. The van der Waals surface area contributed by atoms with Crippen LogP contribution in [-0.4, -0.2) is 22.5 Å². The highest BCUT2D eigenvalue weighted by molar-refractivity contribution is 7.99. The van der Waals surface area contributed by atoms with Gasteiger partial charge >= 0.3 is 0 Å². The average molecular weight is 336 g/mol. The molecule has 2 aromatic carbocycles. The maximum atomic E-state index is 11.8. The van der Waals surface area contributed by atoms with Crippen LogP contribution in [0.25, 0.3) is 0 Å². The van der Waals surface area contributed by atoms with E-state index in [2.05, 4.69) is 5.32 Å². The van der Waals surface area contributed by atoms with Crippen molar-refractivity contribution in [3.8, 4) is 0 Å². The number of halogens is 1. The van der Waals surface area contributed by atoms with Gasteiger partial charge in [0.2, 0.25) is 5.91 Å². The van der Waals surface area contributed by atoms with Crippen molar-refractivity contribution in [3.05, 3.63) is 70.7 Å². The van der Waals surface area contributed by atoms with Crippen molar-refractivity contribution in [1.29, 1.82) is 0 Å². The third-order valence-corrected chi connectivity index (χ3v) is 4.32. The third-order valence-electron chi connectivity index (χ3n) is 3.07. The van der Waals surface area contributed by atoms with Crippen LogP contribution in [0.5, 0.6) is 0 Å². The zero-order valence-corrected chi connectivity index (χ0v) is 13.6. The lowest BCUT2D eigenvalue weighted by atomic mass is 10.1. The zero-order chi connectivity index (χ0) is 15.8. The number of hydrogen-bond donors (Lipinski definition) is 2. The van der Waals surface area contributed by atoms with Gasteiger partial charge in [-0.1, -0.05) is 54.1 Å². The number of rotatable bonds is 7. The second-order valence-electron chi connectivity index (χ2n) is 4.85. The van der Waals surface area contributed by atoms with E-state index < -0.39 is 6.10 Å². The molecule has 0 aliphatic heterocycles. The summed E-state index contributed by atoms with van der Waals surface area (Å²) in [6.07, 6.45) is -0.549. The van der Waals surface area contributed by atoms with Crippen LogP contribution >= 0.6 is 23.4 Å². The van der Waals surface area contributed by atoms with E-state index in [1.807, 2.05) is 48.5 Å². The van der Waals surface area contributed by atoms with Gasteiger partial charge < -0.3 is 10.4 Å². The summed E-state index contributed by atoms with van der Waals surface area (Å²) in [5, 5.41) is 13.5. The quantitative estimate of drug-likeness (QED) is 0.815. The molecule has 22 heavy (non-hydrogen) atoms. The smallest absolute Gasteiger partial charge is 0.230 e. The molecule has 1 atom stereocenters. The highest BCUT2D eigenvalue weighted by Crippen LogP contribution is 2.17. The molecule has 0 saturated carbocycles. The van der Waals surface area contributed by atoms with Crippen molar-refractivity contribution >= 4 is 29.3 Å². The number of amides is 1. The highest BCUT2D eigenvalue weighted by atomic mass is 35.5. The Labute approximate surface area is 139 Å². The highest BCUT2D eigenvalue weighted by Gasteiger charge is 2.08. The van der Waals surface area contributed by atoms with Crippen LogP contribution in [0, 0.1) is 0 Å². The van der Waals surface area contributed by atoms with Crippen molar-refractivity contribution in [1.82, 2.24) is 5.32 Å². The molecule has 0 bridgehead atoms. The monoisotopic (exact) mass is 335 g/mol. The minimum absolute atomic E-state index is 0.0507. The van der Waals surface area contributed by atoms with E-state index in [0.29, 0.717) is 23.1 Å². The molecule has 0 unspecified atom stereocenters. The molecule has 0 fully saturated rings. The fraction of sp³-hybridized carbons (Fsp3) is 0.235. The summed E-state index contributed by atoms with van der Waals surface area (Å²) in [5.74, 6) is 0.768. The summed E-state index contributed by atoms with van der Waals surface area (Å²) < 4.78 is 0. The molecule has 0 spiro atoms. The minimum atomic E-state index is -0.549. The maximum absolute atomic E-state index is 11.8. The molecule has 1 amide bonds. The molecule has 0 aliphatic rings. The summed E-state index contributed by atoms with van der Waals surface area (Å²) in [5.41, 5.74) is 1.84. The normalized spacial score (nSPS) is 11.9. The molecule has 2 N–H and O–H groups in total. The fourth-order valence-electron chi connectivity index (χ4n) is 1.93. The Morgan fingerprint density at radius 3 is 2.68 bits per heavy atom. The second kappa shape index (κ2) is 8.83. The van der Waals surface area contributed by atoms with Crippen LogP contribution in [0.2, 0.25) is 5.02 Å². The second-order valence-corrected chi connectivity index (χ2v) is 6.31. The first-order valence-electron chi connectivity index (χ1n) is 6.97. The van der Waals surface area contributed by atoms with Crippen molar-refractivity contribution in [2.45, 2.75) is 12.6 Å². The van der Waals surface area contributed by atoms with Gasteiger partial charge in [0.15, 0.2) is 0 Å². The number of aliphatic hydroxyl groups excluding tert-OH is 1. The van der Waals surface area contributed by atoms with E-state index in [-0.39, 0.29) is 5.91 Å². The van der Waals surface area contributed by atoms with Gasteiger partial charge in [-0.25, -0.2) is 0 Å². The van der Waals surface area contributed by atoms with Gasteiger partial charge in [0, 0.05) is 17.3 Å². The van der Waals surface area contributed by atoms with Crippen molar-refractivity contribution in [2.75, 3.05) is 11.5 Å². The Kier molecular flexibility index (Phi) is 6.77. The molecular formula is C17H18ClNO2S. The van der Waals surface area contributed by atoms with E-state index in [0.717, 1.165) is 11.1 Å². The number of aliphatic hydroxyl groups is 1. The third kappa shape index (κ3) is 5.72. The molecule has 5 heteroatoms. The standard InChI is InChI=1S/C17H18ClNO2S/c18-15-8-4-5-13(9-15)10-19-17(21)12-22-11-16(20)14-6-2-1-3-7-14/h1-9,16,20H,10-12H2,(H,19,21)/t16-/m1/s1. The lowest BCUT2D eigenvalue weighted by Crippen LogP contribution is -2.25. The first-order chi connectivity index (χ1) is 10.6. The topological polar surface area (TPSA) is 49.3 Å². The number of benzene rings is 2. The van der Waals surface area contributed by atoms with Gasteiger partial charge in [-0.2, -0.15) is 0 Å². The van der Waals surface area contributed by atoms with Crippen LogP contribution in [0.3, 0.4) is 0 Å². The summed E-state index contributed by atoms with van der Waals surface area (Å²) >= 11 is 7.31. The maximum Gasteiger partial charge on any atom is 0.230 e. The molecule has 116 valence electrons. The fourth-order valence-corrected chi connectivity index (χ4v) is 2.97. The Morgan fingerprint density at radius 1 is 1.18 bits per heavy atom. The van der Waals surface area contributed by atoms with E-state index in [1.165, 1.54) is 11.8 Å². The van der Waals surface area contributed by atoms with E-state index in [9.17, 15) is 9.90 Å². The number of hydrogen-bond acceptors (Lipinski definition) is 3. The number of carbonyl (C=O) groups excluding carboxylic acids is 1. The van der Waals surface area contributed by atoms with Gasteiger partial charge in [-0.3, -0.25) is 4.79 Å². The number of nitrogens with one attached hydrogen (secondary N) is 1. The molecule has 2 aromatic rings. The molecule has 0 aliphatic carbocycles. The minimum Gasteiger partial charge on any atom is -0.388 e. The Bertz CT molecular complexity index is 607. The molecular weight excluding hydrogens is 318 g/mol. The van der Waals surface area contributed by atoms with Crippen LogP contribution in [0.4, 0.5) is 0 Å². The van der Waals surface area contributed by atoms with Crippen LogP contribution in [-0.2, 0) is 11.3 Å². The number of thioether (sulfide) groups is 1. The predicted octanol–water partition coefficient (Wildman–Crippen LogP) is 3.42. The van der Waals surface area contributed by atoms with E-state index in [4.69, 9.17) is 11.6 Å². The van der Waals surface area contributed by atoms with Crippen LogP contribution in [0.1, 0.15) is 17.2 Å². The molecule has 0 saturated heterocycles. The Morgan fingerprint density at radius 2 is 1.95 bits per heavy atom. The SMILES string of the molecule is O=C(CSC[C@@H](O)c1ccccc1)NCc1cccc(Cl)c1. The van der Waals surface area contributed by atoms with Crippen molar-refractivity contribution < 1.29 is 9.90 Å². The van der Waals surface area contributed by atoms with Crippen molar-refractivity contribution in [2.24, 2.45) is 0 Å². The van der Waals surface area contributed by atoms with Gasteiger partial charge in [-0.15, -0.1) is 11.8 Å². The lowest BCUT2D eigenvalue weighted by Gasteiger charge is -2.10. The summed E-state index contributed by atoms with van der Waals surface area (Å²) in [7, 11) is 0. The van der Waals surface area contributed by atoms with Crippen LogP contribution in [0.15, 0.2) is 54.6 Å². The van der Waals surface area contributed by atoms with Gasteiger partial charge in [0.25, 0.3) is 0 Å². The van der Waals surface area contributed by atoms with E-state index in [1.54, 1.807) is 6.07 Å². The summed E-state index contributed by atoms with van der Waals surface area (Å²) in [6.45, 7) is 0.460. The molecule has 0 radical (unpaired) electrons. The van der Waals surface area contributed by atoms with Crippen LogP contribution < -0.4 is 5.32 Å². The zero-order valence-electron chi connectivity index (χ0n) is 12.0. The van der Waals surface area contributed by atoms with Gasteiger partial charge in [0.05, 0.1) is 11.9 Å². The Hall–Kier alpha value is -1.49. The summed E-state index contributed by atoms with van der Waals surface area (Å²) in [4.78, 5) is 11.8. The molecule has 0 aromatic heterocycles. The number of carbonyl (C=O) groups is 1. The largest absolute Gasteiger partial charge is 0.388 e. The van der Waals surface area contributed by atoms with Crippen molar-refractivity contribution in [3.63, 3.8) is 0 Å². The first kappa shape index (κ1) is 16.9. The van der Waals surface area contributed by atoms with Gasteiger partial charge in [0.1, 0.15) is 0 Å². The predicted molar refractivity (Wildman–Crippen MR) is 92.0 cm³/mol. The average Bonchev–Trinajstić information content (AvgIpc) is 2.54.